The number of carbonyl (C=O) groups excluding carboxylic acids is 1. The number of aliphatic hydroxyl groups is 3. The monoisotopic (exact) mass is 346 g/mol. The van der Waals surface area contributed by atoms with E-state index in [0.29, 0.717) is 19.3 Å². The molecule has 3 N–H and O–H groups in total. The van der Waals surface area contributed by atoms with Crippen LogP contribution in [0.4, 0.5) is 0 Å². The summed E-state index contributed by atoms with van der Waals surface area (Å²) in [6.45, 7) is 8.37. The summed E-state index contributed by atoms with van der Waals surface area (Å²) in [6.07, 6.45) is 0.0556. The first kappa shape index (κ1) is 19.6. The van der Waals surface area contributed by atoms with Gasteiger partial charge in [-0.05, 0) is 53.9 Å². The van der Waals surface area contributed by atoms with Crippen molar-refractivity contribution in [3.8, 4) is 0 Å². The third-order valence-electron chi connectivity index (χ3n) is 5.40. The van der Waals surface area contributed by atoms with Crippen molar-refractivity contribution in [2.45, 2.75) is 95.1 Å². The third-order valence-corrected chi connectivity index (χ3v) is 5.40. The second-order valence-electron chi connectivity index (χ2n) is 7.87. The maximum atomic E-state index is 11.8. The van der Waals surface area contributed by atoms with Gasteiger partial charge >= 0.3 is 5.97 Å². The Bertz CT molecular complexity index is 488. The van der Waals surface area contributed by atoms with Crippen LogP contribution in [0.15, 0.2) is 0 Å². The molecule has 0 amide bonds. The Balaban J connectivity index is 2.09. The standard InChI is InChI=1S/C17H30O7/c1-6-22-13(19)12(18)16(5)8-7-11(23-16)15(4)9-10-17(21,24-15)14(2,3)20/h11-12,18,20-21H,6-10H2,1-5H3/t11-,12-,15+,16+,17?/m1/s1. The first-order valence-electron chi connectivity index (χ1n) is 8.54. The highest BCUT2D eigenvalue weighted by molar-refractivity contribution is 5.76. The molecule has 0 saturated carbocycles. The normalized spacial score (nSPS) is 41.4. The zero-order chi connectivity index (χ0) is 18.4. The minimum atomic E-state index is -1.65. The summed E-state index contributed by atoms with van der Waals surface area (Å²) in [5, 5.41) is 31.0. The Hall–Kier alpha value is -0.730. The number of hydrogen-bond acceptors (Lipinski definition) is 7. The van der Waals surface area contributed by atoms with Crippen LogP contribution < -0.4 is 0 Å². The number of aliphatic hydroxyl groups excluding tert-OH is 1. The van der Waals surface area contributed by atoms with Crippen LogP contribution in [0.3, 0.4) is 0 Å². The molecule has 0 aliphatic carbocycles. The van der Waals surface area contributed by atoms with Gasteiger partial charge in [0.15, 0.2) is 11.9 Å². The second kappa shape index (κ2) is 6.21. The predicted molar refractivity (Wildman–Crippen MR) is 85.1 cm³/mol. The van der Waals surface area contributed by atoms with E-state index in [-0.39, 0.29) is 13.0 Å². The molecule has 5 atom stereocenters. The molecular weight excluding hydrogens is 316 g/mol. The number of hydrogen-bond donors (Lipinski definition) is 3. The minimum Gasteiger partial charge on any atom is -0.464 e. The van der Waals surface area contributed by atoms with Crippen LogP contribution in [0.2, 0.25) is 0 Å². The van der Waals surface area contributed by atoms with E-state index >= 15 is 0 Å². The van der Waals surface area contributed by atoms with Crippen LogP contribution in [-0.2, 0) is 19.0 Å². The van der Waals surface area contributed by atoms with Crippen molar-refractivity contribution in [1.82, 2.24) is 0 Å². The van der Waals surface area contributed by atoms with Gasteiger partial charge in [0, 0.05) is 6.42 Å². The molecule has 2 rings (SSSR count). The Kier molecular flexibility index (Phi) is 5.07. The number of carbonyl (C=O) groups is 1. The van der Waals surface area contributed by atoms with Gasteiger partial charge in [0.05, 0.1) is 18.3 Å². The van der Waals surface area contributed by atoms with Crippen molar-refractivity contribution in [1.29, 1.82) is 0 Å². The largest absolute Gasteiger partial charge is 0.464 e. The molecule has 2 aliphatic heterocycles. The molecule has 0 aromatic heterocycles. The van der Waals surface area contributed by atoms with Gasteiger partial charge in [0.25, 0.3) is 0 Å². The van der Waals surface area contributed by atoms with E-state index in [4.69, 9.17) is 14.2 Å². The van der Waals surface area contributed by atoms with E-state index in [0.717, 1.165) is 0 Å². The SMILES string of the molecule is CCOC(=O)[C@@H](O)[C@]1(C)CC[C@H]([C@]2(C)CCC(O)(C(C)(C)O)O2)O1. The second-order valence-corrected chi connectivity index (χ2v) is 7.87. The first-order chi connectivity index (χ1) is 10.9. The topological polar surface area (TPSA) is 105 Å². The lowest BCUT2D eigenvalue weighted by atomic mass is 9.89. The molecule has 0 radical (unpaired) electrons. The molecule has 0 aromatic rings. The molecule has 7 nitrogen and oxygen atoms in total. The molecule has 7 heteroatoms. The van der Waals surface area contributed by atoms with Crippen LogP contribution in [0.1, 0.15) is 60.3 Å². The van der Waals surface area contributed by atoms with Gasteiger partial charge in [0.2, 0.25) is 0 Å². The molecule has 24 heavy (non-hydrogen) atoms. The molecule has 2 saturated heterocycles. The molecule has 1 unspecified atom stereocenters. The Morgan fingerprint density at radius 3 is 2.46 bits per heavy atom. The Labute approximate surface area is 142 Å². The van der Waals surface area contributed by atoms with Crippen molar-refractivity contribution in [3.05, 3.63) is 0 Å². The lowest BCUT2D eigenvalue weighted by molar-refractivity contribution is -0.310. The third kappa shape index (κ3) is 3.32. The average molecular weight is 346 g/mol. The van der Waals surface area contributed by atoms with E-state index < -0.39 is 40.8 Å². The summed E-state index contributed by atoms with van der Waals surface area (Å²) in [4.78, 5) is 11.8. The van der Waals surface area contributed by atoms with Crippen molar-refractivity contribution in [3.63, 3.8) is 0 Å². The van der Waals surface area contributed by atoms with Crippen LogP contribution in [0, 0.1) is 0 Å². The van der Waals surface area contributed by atoms with Crippen LogP contribution >= 0.6 is 0 Å². The van der Waals surface area contributed by atoms with Crippen molar-refractivity contribution in [2.24, 2.45) is 0 Å². The predicted octanol–water partition coefficient (Wildman–Crippen LogP) is 0.877. The van der Waals surface area contributed by atoms with Gasteiger partial charge in [0.1, 0.15) is 11.2 Å². The van der Waals surface area contributed by atoms with E-state index in [9.17, 15) is 20.1 Å². The summed E-state index contributed by atoms with van der Waals surface area (Å²) in [5.74, 6) is -2.35. The summed E-state index contributed by atoms with van der Waals surface area (Å²) in [7, 11) is 0. The fraction of sp³-hybridized carbons (Fsp3) is 0.941. The smallest absolute Gasteiger partial charge is 0.337 e. The Morgan fingerprint density at radius 1 is 1.33 bits per heavy atom. The molecule has 2 aliphatic rings. The lowest BCUT2D eigenvalue weighted by Gasteiger charge is -2.39. The highest BCUT2D eigenvalue weighted by Gasteiger charge is 2.59. The molecule has 0 spiro atoms. The van der Waals surface area contributed by atoms with Gasteiger partial charge in [-0.15, -0.1) is 0 Å². The van der Waals surface area contributed by atoms with E-state index in [1.165, 1.54) is 13.8 Å². The molecule has 0 bridgehead atoms. The summed E-state index contributed by atoms with van der Waals surface area (Å²) in [6, 6.07) is 0. The highest BCUT2D eigenvalue weighted by Crippen LogP contribution is 2.49. The summed E-state index contributed by atoms with van der Waals surface area (Å²) in [5.41, 5.74) is -3.27. The molecule has 2 heterocycles. The fourth-order valence-electron chi connectivity index (χ4n) is 3.53. The van der Waals surface area contributed by atoms with Crippen LogP contribution in [0.5, 0.6) is 0 Å². The lowest BCUT2D eigenvalue weighted by Crippen LogP contribution is -2.53. The van der Waals surface area contributed by atoms with E-state index in [1.54, 1.807) is 13.8 Å². The average Bonchev–Trinajstić information content (AvgIpc) is 3.02. The summed E-state index contributed by atoms with van der Waals surface area (Å²) < 4.78 is 16.7. The maximum absolute atomic E-state index is 11.8. The zero-order valence-corrected chi connectivity index (χ0v) is 15.2. The summed E-state index contributed by atoms with van der Waals surface area (Å²) >= 11 is 0. The molecule has 0 aromatic carbocycles. The van der Waals surface area contributed by atoms with Crippen LogP contribution in [-0.4, -0.2) is 62.7 Å². The molecular formula is C17H30O7. The van der Waals surface area contributed by atoms with Gasteiger partial charge in [-0.1, -0.05) is 0 Å². The number of esters is 1. The molecule has 2 fully saturated rings. The number of ether oxygens (including phenoxy) is 3. The Morgan fingerprint density at radius 2 is 1.96 bits per heavy atom. The van der Waals surface area contributed by atoms with Crippen LogP contribution in [0.25, 0.3) is 0 Å². The first-order valence-corrected chi connectivity index (χ1v) is 8.54. The quantitative estimate of drug-likeness (QED) is 0.635. The van der Waals surface area contributed by atoms with Crippen molar-refractivity contribution in [2.75, 3.05) is 6.61 Å². The number of rotatable bonds is 5. The van der Waals surface area contributed by atoms with E-state index in [2.05, 4.69) is 0 Å². The van der Waals surface area contributed by atoms with Gasteiger partial charge in [-0.3, -0.25) is 0 Å². The molecule has 140 valence electrons. The van der Waals surface area contributed by atoms with E-state index in [1.807, 2.05) is 6.92 Å². The van der Waals surface area contributed by atoms with Crippen molar-refractivity contribution >= 4 is 5.97 Å². The minimum absolute atomic E-state index is 0.189. The van der Waals surface area contributed by atoms with Gasteiger partial charge in [-0.25, -0.2) is 4.79 Å². The van der Waals surface area contributed by atoms with Gasteiger partial charge < -0.3 is 29.5 Å². The fourth-order valence-corrected chi connectivity index (χ4v) is 3.53. The maximum Gasteiger partial charge on any atom is 0.337 e. The highest BCUT2D eigenvalue weighted by atomic mass is 16.7. The van der Waals surface area contributed by atoms with Gasteiger partial charge in [-0.2, -0.15) is 0 Å². The van der Waals surface area contributed by atoms with Crippen molar-refractivity contribution < 1.29 is 34.3 Å². The zero-order valence-electron chi connectivity index (χ0n) is 15.2.